The summed E-state index contributed by atoms with van der Waals surface area (Å²) < 4.78 is 21.4. The molecule has 0 fully saturated rings. The van der Waals surface area contributed by atoms with Gasteiger partial charge in [0, 0.05) is 28.4 Å². The summed E-state index contributed by atoms with van der Waals surface area (Å²) in [5, 5.41) is 14.3. The van der Waals surface area contributed by atoms with Crippen molar-refractivity contribution in [1.82, 2.24) is 0 Å². The molecule has 1 amide bonds. The molecule has 32 heavy (non-hydrogen) atoms. The number of hydrogen-bond donors (Lipinski definition) is 1. The highest BCUT2D eigenvalue weighted by Gasteiger charge is 2.19. The molecule has 0 atom stereocenters. The van der Waals surface area contributed by atoms with Crippen molar-refractivity contribution >= 4 is 28.9 Å². The third-order valence-corrected chi connectivity index (χ3v) is 4.64. The summed E-state index contributed by atoms with van der Waals surface area (Å²) in [6.45, 7) is 0. The van der Waals surface area contributed by atoms with E-state index in [1.165, 1.54) is 57.7 Å². The van der Waals surface area contributed by atoms with Crippen molar-refractivity contribution in [2.75, 3.05) is 26.6 Å². The molecular weight excluding hydrogens is 440 g/mol. The van der Waals surface area contributed by atoms with Gasteiger partial charge in [0.05, 0.1) is 26.3 Å². The maximum Gasteiger partial charge on any atom is 0.313 e. The van der Waals surface area contributed by atoms with Crippen LogP contribution in [0.1, 0.15) is 10.4 Å². The Hall–Kier alpha value is -3.98. The SMILES string of the molecule is COc1ccc(NC(=O)c2ccc(Oc3ccc(Cl)cc3[N+](=O)[O-])c(OC)c2)cc1OC. The highest BCUT2D eigenvalue weighted by atomic mass is 35.5. The number of benzene rings is 3. The fourth-order valence-corrected chi connectivity index (χ4v) is 3.01. The van der Waals surface area contributed by atoms with Gasteiger partial charge in [-0.05, 0) is 42.5 Å². The van der Waals surface area contributed by atoms with Crippen LogP contribution in [0.5, 0.6) is 28.7 Å². The van der Waals surface area contributed by atoms with E-state index in [4.69, 9.17) is 30.5 Å². The minimum atomic E-state index is -0.599. The van der Waals surface area contributed by atoms with E-state index in [1.54, 1.807) is 18.2 Å². The largest absolute Gasteiger partial charge is 0.493 e. The normalized spacial score (nSPS) is 10.2. The lowest BCUT2D eigenvalue weighted by atomic mass is 10.1. The number of halogens is 1. The first-order valence-corrected chi connectivity index (χ1v) is 9.57. The topological polar surface area (TPSA) is 109 Å². The highest BCUT2D eigenvalue weighted by molar-refractivity contribution is 6.30. The van der Waals surface area contributed by atoms with Gasteiger partial charge in [-0.1, -0.05) is 11.6 Å². The number of anilines is 1. The number of carbonyl (C=O) groups is 1. The molecule has 0 aliphatic heterocycles. The molecule has 0 aliphatic rings. The van der Waals surface area contributed by atoms with Crippen LogP contribution in [0, 0.1) is 10.1 Å². The Morgan fingerprint density at radius 3 is 2.12 bits per heavy atom. The van der Waals surface area contributed by atoms with Crippen LogP contribution < -0.4 is 24.3 Å². The predicted molar refractivity (Wildman–Crippen MR) is 119 cm³/mol. The highest BCUT2D eigenvalue weighted by Crippen LogP contribution is 2.38. The number of nitrogens with zero attached hydrogens (tertiary/aromatic N) is 1. The van der Waals surface area contributed by atoms with Gasteiger partial charge < -0.3 is 24.3 Å². The molecule has 0 saturated heterocycles. The molecule has 166 valence electrons. The number of ether oxygens (including phenoxy) is 4. The lowest BCUT2D eigenvalue weighted by Gasteiger charge is -2.13. The molecular formula is C22H19ClN2O7. The molecule has 0 unspecified atom stereocenters. The summed E-state index contributed by atoms with van der Waals surface area (Å²) in [5.74, 6) is 0.996. The van der Waals surface area contributed by atoms with Crippen molar-refractivity contribution in [3.63, 3.8) is 0 Å². The van der Waals surface area contributed by atoms with Crippen LogP contribution in [0.2, 0.25) is 5.02 Å². The molecule has 9 nitrogen and oxygen atoms in total. The third kappa shape index (κ3) is 5.01. The van der Waals surface area contributed by atoms with E-state index in [2.05, 4.69) is 5.32 Å². The Balaban J connectivity index is 1.84. The molecule has 3 aromatic carbocycles. The van der Waals surface area contributed by atoms with E-state index in [0.29, 0.717) is 17.2 Å². The number of methoxy groups -OCH3 is 3. The van der Waals surface area contributed by atoms with Crippen LogP contribution in [0.15, 0.2) is 54.6 Å². The number of hydrogen-bond acceptors (Lipinski definition) is 7. The van der Waals surface area contributed by atoms with Gasteiger partial charge in [-0.2, -0.15) is 0 Å². The van der Waals surface area contributed by atoms with Gasteiger partial charge in [0.15, 0.2) is 23.0 Å². The molecule has 0 heterocycles. The Kier molecular flexibility index (Phi) is 7.01. The van der Waals surface area contributed by atoms with E-state index in [1.807, 2.05) is 0 Å². The summed E-state index contributed by atoms with van der Waals surface area (Å²) in [7, 11) is 4.41. The molecule has 0 radical (unpaired) electrons. The maximum absolute atomic E-state index is 12.7. The summed E-state index contributed by atoms with van der Waals surface area (Å²) in [4.78, 5) is 23.4. The standard InChI is InChI=1S/C22H19ClN2O7/c1-29-18-9-6-15(12-21(18)31-3)24-22(26)13-4-7-19(20(10-13)30-2)32-17-8-5-14(23)11-16(17)25(27)28/h4-12H,1-3H3,(H,24,26). The minimum Gasteiger partial charge on any atom is -0.493 e. The second kappa shape index (κ2) is 9.88. The van der Waals surface area contributed by atoms with Crippen molar-refractivity contribution in [3.8, 4) is 28.7 Å². The van der Waals surface area contributed by atoms with Crippen molar-refractivity contribution in [2.45, 2.75) is 0 Å². The number of nitro groups is 1. The van der Waals surface area contributed by atoms with Gasteiger partial charge in [-0.3, -0.25) is 14.9 Å². The smallest absolute Gasteiger partial charge is 0.313 e. The molecule has 0 bridgehead atoms. The van der Waals surface area contributed by atoms with Gasteiger partial charge >= 0.3 is 5.69 Å². The molecule has 10 heteroatoms. The van der Waals surface area contributed by atoms with E-state index < -0.39 is 10.8 Å². The summed E-state index contributed by atoms with van der Waals surface area (Å²) in [5.41, 5.74) is 0.494. The first kappa shape index (κ1) is 22.7. The second-order valence-electron chi connectivity index (χ2n) is 6.36. The first-order chi connectivity index (χ1) is 15.4. The Morgan fingerprint density at radius 1 is 0.844 bits per heavy atom. The average molecular weight is 459 g/mol. The van der Waals surface area contributed by atoms with Crippen molar-refractivity contribution < 1.29 is 28.7 Å². The monoisotopic (exact) mass is 458 g/mol. The number of amides is 1. The van der Waals surface area contributed by atoms with Crippen LogP contribution in [0.4, 0.5) is 11.4 Å². The van der Waals surface area contributed by atoms with Crippen LogP contribution in [0.25, 0.3) is 0 Å². The van der Waals surface area contributed by atoms with Gasteiger partial charge in [0.1, 0.15) is 0 Å². The van der Waals surface area contributed by atoms with Crippen LogP contribution in [-0.2, 0) is 0 Å². The number of rotatable bonds is 8. The van der Waals surface area contributed by atoms with Crippen LogP contribution in [-0.4, -0.2) is 32.2 Å². The quantitative estimate of drug-likeness (QED) is 0.359. The predicted octanol–water partition coefficient (Wildman–Crippen LogP) is 5.32. The molecule has 0 aromatic heterocycles. The number of nitro benzene ring substituents is 1. The third-order valence-electron chi connectivity index (χ3n) is 4.40. The van der Waals surface area contributed by atoms with Gasteiger partial charge in [0.2, 0.25) is 5.75 Å². The van der Waals surface area contributed by atoms with Crippen molar-refractivity contribution in [1.29, 1.82) is 0 Å². The maximum atomic E-state index is 12.7. The van der Waals surface area contributed by atoms with Gasteiger partial charge in [-0.25, -0.2) is 0 Å². The van der Waals surface area contributed by atoms with Gasteiger partial charge in [0.25, 0.3) is 5.91 Å². The number of nitrogens with one attached hydrogen (secondary N) is 1. The first-order valence-electron chi connectivity index (χ1n) is 9.19. The lowest BCUT2D eigenvalue weighted by molar-refractivity contribution is -0.385. The molecule has 3 rings (SSSR count). The molecule has 0 saturated carbocycles. The minimum absolute atomic E-state index is 0.0137. The van der Waals surface area contributed by atoms with Crippen molar-refractivity contribution in [2.24, 2.45) is 0 Å². The van der Waals surface area contributed by atoms with E-state index in [0.717, 1.165) is 0 Å². The Labute approximate surface area is 188 Å². The van der Waals surface area contributed by atoms with Crippen LogP contribution >= 0.6 is 11.6 Å². The second-order valence-corrected chi connectivity index (χ2v) is 6.80. The van der Waals surface area contributed by atoms with E-state index in [-0.39, 0.29) is 33.5 Å². The summed E-state index contributed by atoms with van der Waals surface area (Å²) >= 11 is 5.84. The molecule has 1 N–H and O–H groups in total. The van der Waals surface area contributed by atoms with E-state index in [9.17, 15) is 14.9 Å². The van der Waals surface area contributed by atoms with Crippen molar-refractivity contribution in [3.05, 3.63) is 75.3 Å². The molecule has 3 aromatic rings. The fraction of sp³-hybridized carbons (Fsp3) is 0.136. The zero-order chi connectivity index (χ0) is 23.3. The van der Waals surface area contributed by atoms with E-state index >= 15 is 0 Å². The summed E-state index contributed by atoms with van der Waals surface area (Å²) in [6, 6.07) is 13.5. The Bertz CT molecular complexity index is 1170. The van der Waals surface area contributed by atoms with Gasteiger partial charge in [-0.15, -0.1) is 0 Å². The Morgan fingerprint density at radius 2 is 1.47 bits per heavy atom. The zero-order valence-corrected chi connectivity index (χ0v) is 18.1. The fourth-order valence-electron chi connectivity index (χ4n) is 2.85. The summed E-state index contributed by atoms with van der Waals surface area (Å²) in [6.07, 6.45) is 0. The molecule has 0 aliphatic carbocycles. The number of carbonyl (C=O) groups excluding carboxylic acids is 1. The average Bonchev–Trinajstić information content (AvgIpc) is 2.80. The van der Waals surface area contributed by atoms with Crippen LogP contribution in [0.3, 0.4) is 0 Å². The molecule has 0 spiro atoms. The lowest BCUT2D eigenvalue weighted by Crippen LogP contribution is -2.12. The zero-order valence-electron chi connectivity index (χ0n) is 17.4.